The molecule has 32 heavy (non-hydrogen) atoms. The Bertz CT molecular complexity index is 1040. The molecule has 3 N–H and O–H groups in total. The van der Waals surface area contributed by atoms with Crippen LogP contribution in [0.2, 0.25) is 0 Å². The molecule has 0 amide bonds. The van der Waals surface area contributed by atoms with E-state index in [0.717, 1.165) is 18.8 Å². The first kappa shape index (κ1) is 24.2. The third-order valence-electron chi connectivity index (χ3n) is 9.48. The lowest BCUT2D eigenvalue weighted by molar-refractivity contribution is -0.709. The van der Waals surface area contributed by atoms with Crippen molar-refractivity contribution in [1.82, 2.24) is 0 Å². The van der Waals surface area contributed by atoms with Gasteiger partial charge in [0.05, 0.1) is 33.3 Å². The van der Waals surface area contributed by atoms with E-state index in [1.807, 2.05) is 26.0 Å². The highest BCUT2D eigenvalue weighted by molar-refractivity contribution is 9.10. The summed E-state index contributed by atoms with van der Waals surface area (Å²) in [5, 5.41) is 12.1. The standard InChI is InChI=1S/C14H19NO.C10H15BrO4S/c1-9-13-8-10-7-11(16)3-4-12(10)14(9,2)5-6-15-13;1-9(2)6-3-4-10(9,5-16(13,14)15)8(12)7(6)11/h3-4,7,9,13,15-16H,5-6,8H2,1-2H3;6-7H,3-5H2,1-2H3,(H,13,14,15)/t9-,13+,14+;6-,7-,10-/m11/s1. The quantitative estimate of drug-likeness (QED) is 0.453. The van der Waals surface area contributed by atoms with Gasteiger partial charge in [0.15, 0.2) is 5.78 Å². The number of phenolic OH excluding ortho intramolecular Hbond substituents is 1. The molecule has 1 saturated heterocycles. The highest BCUT2D eigenvalue weighted by Crippen LogP contribution is 2.65. The number of benzene rings is 1. The van der Waals surface area contributed by atoms with Crippen LogP contribution in [-0.4, -0.2) is 47.0 Å². The third kappa shape index (κ3) is 3.56. The van der Waals surface area contributed by atoms with Gasteiger partial charge in [0.2, 0.25) is 0 Å². The van der Waals surface area contributed by atoms with E-state index in [2.05, 4.69) is 41.2 Å². The topological polar surface area (TPSA) is 111 Å². The van der Waals surface area contributed by atoms with Crippen LogP contribution in [0.4, 0.5) is 0 Å². The van der Waals surface area contributed by atoms with Crippen LogP contribution in [0.25, 0.3) is 0 Å². The maximum absolute atomic E-state index is 12.1. The van der Waals surface area contributed by atoms with Gasteiger partial charge in [-0.1, -0.05) is 49.7 Å². The average molecular weight is 529 g/mol. The fraction of sp³-hybridized carbons (Fsp3) is 0.708. The van der Waals surface area contributed by atoms with E-state index >= 15 is 0 Å². The molecule has 5 rings (SSSR count). The molecule has 4 aliphatic rings. The highest BCUT2D eigenvalue weighted by atomic mass is 79.9. The molecule has 178 valence electrons. The van der Waals surface area contributed by atoms with Crippen molar-refractivity contribution in [3.8, 4) is 5.75 Å². The Labute approximate surface area is 199 Å². The molecule has 1 aromatic carbocycles. The minimum Gasteiger partial charge on any atom is -0.748 e. The number of nitrogens with two attached hydrogens (primary N) is 1. The number of carbonyl (C=O) groups is 1. The summed E-state index contributed by atoms with van der Waals surface area (Å²) in [4.78, 5) is 11.8. The minimum absolute atomic E-state index is 0.104. The van der Waals surface area contributed by atoms with Crippen LogP contribution in [-0.2, 0) is 26.7 Å². The number of Topliss-reactive ketones (excluding diaryl/α,β-unsaturated/α-hetero) is 1. The number of ketones is 1. The molecule has 4 bridgehead atoms. The number of quaternary nitrogens is 1. The first-order valence-corrected chi connectivity index (χ1v) is 14.0. The fourth-order valence-corrected chi connectivity index (χ4v) is 9.80. The van der Waals surface area contributed by atoms with E-state index in [1.165, 1.54) is 24.1 Å². The first-order chi connectivity index (χ1) is 14.7. The number of phenols is 1. The largest absolute Gasteiger partial charge is 0.748 e. The minimum atomic E-state index is -4.37. The fourth-order valence-electron chi connectivity index (χ4n) is 7.17. The van der Waals surface area contributed by atoms with Gasteiger partial charge in [-0.05, 0) is 47.4 Å². The van der Waals surface area contributed by atoms with Crippen molar-refractivity contribution in [2.24, 2.45) is 22.7 Å². The van der Waals surface area contributed by atoms with Gasteiger partial charge in [0, 0.05) is 29.6 Å². The van der Waals surface area contributed by atoms with Crippen molar-refractivity contribution in [1.29, 1.82) is 0 Å². The van der Waals surface area contributed by atoms with E-state index in [4.69, 9.17) is 0 Å². The summed E-state index contributed by atoms with van der Waals surface area (Å²) in [5.41, 5.74) is 1.78. The van der Waals surface area contributed by atoms with Crippen molar-refractivity contribution in [2.75, 3.05) is 12.3 Å². The Balaban J connectivity index is 0.000000153. The van der Waals surface area contributed by atoms with E-state index in [0.29, 0.717) is 23.6 Å². The molecule has 1 aliphatic heterocycles. The van der Waals surface area contributed by atoms with Gasteiger partial charge in [0.1, 0.15) is 5.75 Å². The zero-order valence-corrected chi connectivity index (χ0v) is 21.6. The summed E-state index contributed by atoms with van der Waals surface area (Å²) in [6, 6.07) is 6.65. The number of hydrogen-bond acceptors (Lipinski definition) is 5. The normalized spacial score (nSPS) is 39.2. The zero-order chi connectivity index (χ0) is 23.7. The predicted molar refractivity (Wildman–Crippen MR) is 125 cm³/mol. The van der Waals surface area contributed by atoms with Crippen molar-refractivity contribution >= 4 is 31.8 Å². The Morgan fingerprint density at radius 2 is 1.94 bits per heavy atom. The van der Waals surface area contributed by atoms with Gasteiger partial charge < -0.3 is 15.0 Å². The number of carbonyl (C=O) groups excluding carboxylic acids is 1. The van der Waals surface area contributed by atoms with E-state index in [-0.39, 0.29) is 16.5 Å². The van der Waals surface area contributed by atoms with E-state index in [1.54, 1.807) is 0 Å². The lowest BCUT2D eigenvalue weighted by Gasteiger charge is -2.48. The Hall–Kier alpha value is -0.960. The Kier molecular flexibility index (Phi) is 5.88. The lowest BCUT2D eigenvalue weighted by atomic mass is 9.59. The Morgan fingerprint density at radius 3 is 2.53 bits per heavy atom. The highest BCUT2D eigenvalue weighted by Gasteiger charge is 2.68. The summed E-state index contributed by atoms with van der Waals surface area (Å²) in [6.45, 7) is 9.82. The molecule has 2 saturated carbocycles. The van der Waals surface area contributed by atoms with Gasteiger partial charge in [-0.3, -0.25) is 4.79 Å². The van der Waals surface area contributed by atoms with Gasteiger partial charge in [0.25, 0.3) is 0 Å². The molecule has 6 atom stereocenters. The molecule has 8 heteroatoms. The third-order valence-corrected chi connectivity index (χ3v) is 11.4. The number of hydrogen-bond donors (Lipinski definition) is 2. The number of fused-ring (bicyclic) bond motifs is 6. The number of alkyl halides is 1. The second-order valence-electron chi connectivity index (χ2n) is 11.1. The van der Waals surface area contributed by atoms with Crippen LogP contribution in [0, 0.1) is 22.7 Å². The summed E-state index contributed by atoms with van der Waals surface area (Å²) in [5.74, 6) is 0.632. The van der Waals surface area contributed by atoms with Gasteiger partial charge in [-0.15, -0.1) is 0 Å². The van der Waals surface area contributed by atoms with Gasteiger partial charge in [-0.2, -0.15) is 0 Å². The van der Waals surface area contributed by atoms with Crippen molar-refractivity contribution < 1.29 is 28.2 Å². The van der Waals surface area contributed by atoms with Crippen molar-refractivity contribution in [3.63, 3.8) is 0 Å². The van der Waals surface area contributed by atoms with E-state index < -0.39 is 26.7 Å². The molecular formula is C24H34BrNO5S. The molecule has 0 spiro atoms. The SMILES string of the molecule is CC1(C)[C@@H]2CC[C@@]1(CS(=O)(=O)[O-])C(=O)[C@@H]2Br.C[C@@H]1[C@@H]2Cc3cc(O)ccc3[C@@]1(C)CC[NH2+]2. The summed E-state index contributed by atoms with van der Waals surface area (Å²) in [7, 11) is -4.37. The summed E-state index contributed by atoms with van der Waals surface area (Å²) >= 11 is 3.33. The first-order valence-electron chi connectivity index (χ1n) is 11.5. The molecule has 0 radical (unpaired) electrons. The molecule has 6 nitrogen and oxygen atoms in total. The van der Waals surface area contributed by atoms with Crippen LogP contribution in [0.3, 0.4) is 0 Å². The maximum Gasteiger partial charge on any atom is 0.154 e. The molecular weight excluding hydrogens is 494 g/mol. The monoisotopic (exact) mass is 527 g/mol. The van der Waals surface area contributed by atoms with Crippen molar-refractivity contribution in [2.45, 2.75) is 69.7 Å². The average Bonchev–Trinajstić information content (AvgIpc) is 2.98. The second kappa shape index (κ2) is 7.79. The molecule has 1 aromatic rings. The number of rotatable bonds is 2. The summed E-state index contributed by atoms with van der Waals surface area (Å²) < 4.78 is 33.0. The Morgan fingerprint density at radius 1 is 1.25 bits per heavy atom. The molecule has 0 unspecified atom stereocenters. The van der Waals surface area contributed by atoms with Crippen LogP contribution in [0.5, 0.6) is 5.75 Å². The molecule has 3 fully saturated rings. The lowest BCUT2D eigenvalue weighted by Crippen LogP contribution is -2.96. The summed E-state index contributed by atoms with van der Waals surface area (Å²) in [6.07, 6.45) is 3.69. The van der Waals surface area contributed by atoms with Crippen molar-refractivity contribution in [3.05, 3.63) is 29.3 Å². The molecule has 1 heterocycles. The number of aromatic hydroxyl groups is 1. The number of piperidine rings is 1. The van der Waals surface area contributed by atoms with Gasteiger partial charge in [-0.25, -0.2) is 8.42 Å². The van der Waals surface area contributed by atoms with Crippen LogP contribution in [0.1, 0.15) is 58.1 Å². The second-order valence-corrected chi connectivity index (χ2v) is 13.5. The molecule has 3 aliphatic carbocycles. The van der Waals surface area contributed by atoms with Gasteiger partial charge >= 0.3 is 0 Å². The van der Waals surface area contributed by atoms with Crippen LogP contribution < -0.4 is 5.32 Å². The smallest absolute Gasteiger partial charge is 0.154 e. The van der Waals surface area contributed by atoms with Crippen LogP contribution in [0.15, 0.2) is 18.2 Å². The maximum atomic E-state index is 12.1. The zero-order valence-electron chi connectivity index (χ0n) is 19.2. The molecule has 0 aromatic heterocycles. The number of halogens is 1. The predicted octanol–water partition coefficient (Wildman–Crippen LogP) is 2.48. The van der Waals surface area contributed by atoms with E-state index in [9.17, 15) is 22.9 Å². The van der Waals surface area contributed by atoms with Crippen LogP contribution >= 0.6 is 15.9 Å².